The molecule has 3 heterocycles. The summed E-state index contributed by atoms with van der Waals surface area (Å²) in [6.07, 6.45) is 5.06. The van der Waals surface area contributed by atoms with E-state index in [-0.39, 0.29) is 41.1 Å². The molecule has 0 aliphatic heterocycles. The Labute approximate surface area is 239 Å². The first-order chi connectivity index (χ1) is 19.3. The second-order valence-corrected chi connectivity index (χ2v) is 9.68. The van der Waals surface area contributed by atoms with Gasteiger partial charge in [-0.25, -0.2) is 9.37 Å². The van der Waals surface area contributed by atoms with Crippen LogP contribution in [0, 0.1) is 18.7 Å². The van der Waals surface area contributed by atoms with E-state index in [4.69, 9.17) is 10.5 Å². The Kier molecular flexibility index (Phi) is 7.34. The quantitative estimate of drug-likeness (QED) is 0.275. The molecule has 6 rings (SSSR count). The lowest BCUT2D eigenvalue weighted by molar-refractivity contribution is -0.117. The van der Waals surface area contributed by atoms with Crippen molar-refractivity contribution >= 4 is 35.7 Å². The predicted octanol–water partition coefficient (Wildman–Crippen LogP) is 5.26. The molecule has 3 aromatic heterocycles. The Morgan fingerprint density at radius 3 is 2.49 bits per heavy atom. The molecule has 2 aromatic carbocycles. The molecule has 1 saturated carbocycles. The second kappa shape index (κ2) is 10.9. The molecule has 0 radical (unpaired) electrons. The highest BCUT2D eigenvalue weighted by Crippen LogP contribution is 2.32. The number of nitrogens with one attached hydrogen (secondary N) is 1. The first kappa shape index (κ1) is 27.6. The standard InChI is InChI=1S/C30H24FN5O4.ClH/c1-17-13-22(27(28(32)37)30(39)36(17)20-5-3-2-4-6-20)19-9-11-24(23(31)14-19)40-21-10-12-26-33-25(16-35(26)15-21)34-29(38)18-7-8-18;/h2-6,9-16,18H,7-8H2,1H3,(H2,32,37)(H,34,38);1H. The Bertz CT molecular complexity index is 1860. The summed E-state index contributed by atoms with van der Waals surface area (Å²) in [5, 5.41) is 2.80. The number of fused-ring (bicyclic) bond motifs is 1. The molecule has 0 bridgehead atoms. The Balaban J connectivity index is 0.00000337. The first-order valence-corrected chi connectivity index (χ1v) is 12.7. The lowest BCUT2D eigenvalue weighted by Gasteiger charge is -2.16. The van der Waals surface area contributed by atoms with Gasteiger partial charge in [0.1, 0.15) is 17.0 Å². The third-order valence-corrected chi connectivity index (χ3v) is 6.75. The summed E-state index contributed by atoms with van der Waals surface area (Å²) in [6, 6.07) is 18.0. The van der Waals surface area contributed by atoms with Crippen molar-refractivity contribution < 1.29 is 18.7 Å². The van der Waals surface area contributed by atoms with Gasteiger partial charge in [-0.1, -0.05) is 24.3 Å². The Morgan fingerprint density at radius 1 is 1.05 bits per heavy atom. The third-order valence-electron chi connectivity index (χ3n) is 6.75. The minimum atomic E-state index is -0.910. The maximum absolute atomic E-state index is 15.3. The molecule has 1 aliphatic rings. The molecule has 3 N–H and O–H groups in total. The van der Waals surface area contributed by atoms with Crippen LogP contribution in [0.15, 0.2) is 83.9 Å². The highest BCUT2D eigenvalue weighted by molar-refractivity contribution is 5.99. The number of benzene rings is 2. The van der Waals surface area contributed by atoms with E-state index >= 15 is 4.39 Å². The monoisotopic (exact) mass is 573 g/mol. The van der Waals surface area contributed by atoms with E-state index in [2.05, 4.69) is 10.3 Å². The van der Waals surface area contributed by atoms with Crippen molar-refractivity contribution in [3.05, 3.63) is 107 Å². The van der Waals surface area contributed by atoms with Gasteiger partial charge in [-0.2, -0.15) is 0 Å². The fourth-order valence-electron chi connectivity index (χ4n) is 4.64. The van der Waals surface area contributed by atoms with Gasteiger partial charge in [0.15, 0.2) is 17.4 Å². The van der Waals surface area contributed by atoms with E-state index in [1.165, 1.54) is 16.7 Å². The summed E-state index contributed by atoms with van der Waals surface area (Å²) < 4.78 is 24.1. The van der Waals surface area contributed by atoms with Crippen LogP contribution >= 0.6 is 12.4 Å². The van der Waals surface area contributed by atoms with E-state index in [0.717, 1.165) is 12.8 Å². The summed E-state index contributed by atoms with van der Waals surface area (Å²) in [5.74, 6) is -0.879. The van der Waals surface area contributed by atoms with Crippen molar-refractivity contribution in [1.82, 2.24) is 14.0 Å². The number of halogens is 2. The third kappa shape index (κ3) is 5.42. The van der Waals surface area contributed by atoms with Crippen LogP contribution in [-0.2, 0) is 4.79 Å². The molecule has 208 valence electrons. The SMILES string of the molecule is Cc1cc(-c2ccc(Oc3ccc4nc(NC(=O)C5CC5)cn4c3)c(F)c2)c(C(N)=O)c(=O)n1-c1ccccc1.Cl. The Hall–Kier alpha value is -4.96. The van der Waals surface area contributed by atoms with Gasteiger partial charge in [-0.05, 0) is 67.8 Å². The zero-order valence-electron chi connectivity index (χ0n) is 21.8. The molecule has 41 heavy (non-hydrogen) atoms. The number of nitrogens with zero attached hydrogens (tertiary/aromatic N) is 3. The molecule has 0 atom stereocenters. The van der Waals surface area contributed by atoms with E-state index in [0.29, 0.717) is 34.2 Å². The summed E-state index contributed by atoms with van der Waals surface area (Å²) in [7, 11) is 0. The molecule has 1 aliphatic carbocycles. The highest BCUT2D eigenvalue weighted by atomic mass is 35.5. The molecule has 9 nitrogen and oxygen atoms in total. The van der Waals surface area contributed by atoms with Crippen molar-refractivity contribution in [2.45, 2.75) is 19.8 Å². The maximum Gasteiger partial charge on any atom is 0.268 e. The number of hydrogen-bond acceptors (Lipinski definition) is 5. The summed E-state index contributed by atoms with van der Waals surface area (Å²) >= 11 is 0. The highest BCUT2D eigenvalue weighted by Gasteiger charge is 2.30. The van der Waals surface area contributed by atoms with E-state index in [9.17, 15) is 14.4 Å². The van der Waals surface area contributed by atoms with Crippen LogP contribution in [0.3, 0.4) is 0 Å². The Morgan fingerprint density at radius 2 is 1.80 bits per heavy atom. The molecule has 11 heteroatoms. The molecule has 2 amide bonds. The molecule has 0 saturated heterocycles. The lowest BCUT2D eigenvalue weighted by Crippen LogP contribution is -2.31. The van der Waals surface area contributed by atoms with Crippen LogP contribution in [-0.4, -0.2) is 25.8 Å². The number of nitrogens with two attached hydrogens (primary N) is 1. The summed E-state index contributed by atoms with van der Waals surface area (Å²) in [5.41, 5.74) is 7.05. The van der Waals surface area contributed by atoms with Gasteiger partial charge < -0.3 is 20.2 Å². The molecule has 1 fully saturated rings. The molecular weight excluding hydrogens is 549 g/mol. The van der Waals surface area contributed by atoms with Gasteiger partial charge in [0, 0.05) is 22.9 Å². The summed E-state index contributed by atoms with van der Waals surface area (Å²) in [6.45, 7) is 1.73. The van der Waals surface area contributed by atoms with Gasteiger partial charge in [-0.3, -0.25) is 19.0 Å². The lowest BCUT2D eigenvalue weighted by atomic mass is 9.99. The fourth-order valence-corrected chi connectivity index (χ4v) is 4.64. The average molecular weight is 574 g/mol. The van der Waals surface area contributed by atoms with Crippen LogP contribution in [0.4, 0.5) is 10.2 Å². The van der Waals surface area contributed by atoms with Crippen molar-refractivity contribution in [2.75, 3.05) is 5.32 Å². The normalized spacial score (nSPS) is 12.5. The number of pyridine rings is 2. The first-order valence-electron chi connectivity index (χ1n) is 12.7. The zero-order valence-corrected chi connectivity index (χ0v) is 22.7. The predicted molar refractivity (Wildman–Crippen MR) is 155 cm³/mol. The number of imidazole rings is 1. The van der Waals surface area contributed by atoms with Crippen LogP contribution < -0.4 is 21.3 Å². The van der Waals surface area contributed by atoms with Crippen LogP contribution in [0.2, 0.25) is 0 Å². The smallest absolute Gasteiger partial charge is 0.268 e. The number of hydrogen-bond donors (Lipinski definition) is 2. The van der Waals surface area contributed by atoms with Gasteiger partial charge in [-0.15, -0.1) is 12.4 Å². The van der Waals surface area contributed by atoms with Crippen LogP contribution in [0.5, 0.6) is 11.5 Å². The molecule has 0 spiro atoms. The largest absolute Gasteiger partial charge is 0.453 e. The van der Waals surface area contributed by atoms with Crippen LogP contribution in [0.25, 0.3) is 22.5 Å². The minimum Gasteiger partial charge on any atom is -0.453 e. The van der Waals surface area contributed by atoms with Crippen molar-refractivity contribution in [3.63, 3.8) is 0 Å². The van der Waals surface area contributed by atoms with Gasteiger partial charge in [0.2, 0.25) is 5.91 Å². The van der Waals surface area contributed by atoms with Gasteiger partial charge in [0.05, 0.1) is 12.4 Å². The van der Waals surface area contributed by atoms with E-state index in [1.54, 1.807) is 72.2 Å². The summed E-state index contributed by atoms with van der Waals surface area (Å²) in [4.78, 5) is 42.1. The topological polar surface area (TPSA) is 121 Å². The van der Waals surface area contributed by atoms with E-state index in [1.807, 2.05) is 6.07 Å². The fraction of sp³-hybridized carbons (Fsp3) is 0.133. The number of rotatable bonds is 7. The van der Waals surface area contributed by atoms with Crippen molar-refractivity contribution in [2.24, 2.45) is 11.7 Å². The van der Waals surface area contributed by atoms with Crippen LogP contribution in [0.1, 0.15) is 28.9 Å². The maximum atomic E-state index is 15.3. The number of para-hydroxylation sites is 1. The number of anilines is 1. The average Bonchev–Trinajstić information content (AvgIpc) is 3.70. The van der Waals surface area contributed by atoms with Crippen molar-refractivity contribution in [3.8, 4) is 28.3 Å². The zero-order chi connectivity index (χ0) is 28.0. The second-order valence-electron chi connectivity index (χ2n) is 9.68. The number of primary amides is 1. The number of aryl methyl sites for hydroxylation is 1. The number of ether oxygens (including phenoxy) is 1. The number of amides is 2. The molecule has 5 aromatic rings. The minimum absolute atomic E-state index is 0. The van der Waals surface area contributed by atoms with Crippen molar-refractivity contribution in [1.29, 1.82) is 0 Å². The van der Waals surface area contributed by atoms with Gasteiger partial charge in [0.25, 0.3) is 11.5 Å². The van der Waals surface area contributed by atoms with E-state index < -0.39 is 17.3 Å². The number of carbonyl (C=O) groups excluding carboxylic acids is 2. The number of aromatic nitrogens is 3. The number of carbonyl (C=O) groups is 2. The van der Waals surface area contributed by atoms with Gasteiger partial charge >= 0.3 is 0 Å². The molecule has 0 unspecified atom stereocenters. The molecular formula is C30H25ClFN5O4.